The summed E-state index contributed by atoms with van der Waals surface area (Å²) in [4.78, 5) is 24.6. The fraction of sp³-hybridized carbons (Fsp3) is 0.400. The largest absolute Gasteiger partial charge is 0.291 e. The van der Waals surface area contributed by atoms with Gasteiger partial charge in [-0.15, -0.1) is 0 Å². The normalized spacial score (nSPS) is 23.0. The predicted octanol–water partition coefficient (Wildman–Crippen LogP) is -0.896. The number of hydrogen-bond acceptors (Lipinski definition) is 3. The third-order valence-electron chi connectivity index (χ3n) is 1.11. The highest BCUT2D eigenvalue weighted by Gasteiger charge is 2.24. The van der Waals surface area contributed by atoms with Crippen molar-refractivity contribution in [2.24, 2.45) is 4.99 Å². The first kappa shape index (κ1) is 5.94. The molecule has 48 valence electrons. The molecule has 0 spiro atoms. The zero-order valence-corrected chi connectivity index (χ0v) is 4.97. The zero-order valence-electron chi connectivity index (χ0n) is 4.97. The van der Waals surface area contributed by atoms with Crippen molar-refractivity contribution in [3.63, 3.8) is 0 Å². The van der Waals surface area contributed by atoms with Crippen molar-refractivity contribution >= 4 is 17.5 Å². The lowest BCUT2D eigenvalue weighted by Gasteiger charge is -1.82. The van der Waals surface area contributed by atoms with E-state index < -0.39 is 0 Å². The zero-order chi connectivity index (χ0) is 6.85. The molecule has 1 fully saturated rings. The van der Waals surface area contributed by atoms with Gasteiger partial charge in [0.15, 0.2) is 0 Å². The summed E-state index contributed by atoms with van der Waals surface area (Å²) in [6, 6.07) is 0. The van der Waals surface area contributed by atoms with Crippen LogP contribution in [0.4, 0.5) is 0 Å². The van der Waals surface area contributed by atoms with Crippen LogP contribution in [0.5, 0.6) is 0 Å². The molecule has 0 saturated carbocycles. The minimum Gasteiger partial charge on any atom is -0.291 e. The van der Waals surface area contributed by atoms with Crippen molar-refractivity contribution < 1.29 is 9.59 Å². The fourth-order valence-electron chi connectivity index (χ4n) is 0.656. The second kappa shape index (κ2) is 1.97. The number of carbonyl (C=O) groups excluding carboxylic acids is 2. The van der Waals surface area contributed by atoms with Crippen LogP contribution in [0, 0.1) is 0 Å². The van der Waals surface area contributed by atoms with Crippen LogP contribution < -0.4 is 5.32 Å². The Morgan fingerprint density at radius 1 is 1.56 bits per heavy atom. The highest BCUT2D eigenvalue weighted by atomic mass is 16.2. The number of nitrogens with one attached hydrogen (secondary N) is 1. The molecular weight excluding hydrogens is 120 g/mol. The van der Waals surface area contributed by atoms with Gasteiger partial charge in [0.1, 0.15) is 5.71 Å². The maximum absolute atomic E-state index is 10.6. The average molecular weight is 126 g/mol. The maximum Gasteiger partial charge on any atom is 0.272 e. The van der Waals surface area contributed by atoms with E-state index in [1.54, 1.807) is 0 Å². The molecule has 0 bridgehead atoms. The number of imide groups is 1. The molecule has 1 N–H and O–H groups in total. The lowest BCUT2D eigenvalue weighted by atomic mass is 10.3. The first-order valence-corrected chi connectivity index (χ1v) is 2.54. The van der Waals surface area contributed by atoms with Crippen molar-refractivity contribution in [2.45, 2.75) is 6.42 Å². The molecular formula is C5H6N2O2. The third kappa shape index (κ3) is 0.960. The van der Waals surface area contributed by atoms with Crippen molar-refractivity contribution in [3.05, 3.63) is 0 Å². The van der Waals surface area contributed by atoms with Crippen LogP contribution in [0.2, 0.25) is 0 Å². The highest BCUT2D eigenvalue weighted by molar-refractivity contribution is 6.48. The first-order valence-electron chi connectivity index (χ1n) is 2.54. The Bertz CT molecular complexity index is 195. The summed E-state index contributed by atoms with van der Waals surface area (Å²) in [5.74, 6) is -0.622. The van der Waals surface area contributed by atoms with Crippen molar-refractivity contribution in [3.8, 4) is 0 Å². The molecule has 1 saturated heterocycles. The topological polar surface area (TPSA) is 58.5 Å². The molecule has 0 unspecified atom stereocenters. The van der Waals surface area contributed by atoms with E-state index >= 15 is 0 Å². The van der Waals surface area contributed by atoms with Gasteiger partial charge in [-0.1, -0.05) is 0 Å². The summed E-state index contributed by atoms with van der Waals surface area (Å²) in [7, 11) is 1.49. The van der Waals surface area contributed by atoms with E-state index in [0.717, 1.165) is 0 Å². The molecule has 1 aliphatic rings. The highest BCUT2D eigenvalue weighted by Crippen LogP contribution is 1.95. The van der Waals surface area contributed by atoms with Crippen LogP contribution in [-0.2, 0) is 9.59 Å². The molecule has 1 heterocycles. The van der Waals surface area contributed by atoms with Crippen LogP contribution in [0.25, 0.3) is 0 Å². The van der Waals surface area contributed by atoms with Crippen LogP contribution in [0.1, 0.15) is 6.42 Å². The maximum atomic E-state index is 10.6. The molecule has 0 aliphatic carbocycles. The molecule has 4 heteroatoms. The number of aliphatic imine (C=N–C) groups is 1. The molecule has 4 nitrogen and oxygen atoms in total. The minimum absolute atomic E-state index is 0.134. The monoisotopic (exact) mass is 126 g/mol. The average Bonchev–Trinajstić information content (AvgIpc) is 2.10. The fourth-order valence-corrected chi connectivity index (χ4v) is 0.656. The van der Waals surface area contributed by atoms with Gasteiger partial charge < -0.3 is 0 Å². The van der Waals surface area contributed by atoms with E-state index in [-0.39, 0.29) is 18.2 Å². The summed E-state index contributed by atoms with van der Waals surface area (Å²) < 4.78 is 0. The van der Waals surface area contributed by atoms with Gasteiger partial charge >= 0.3 is 0 Å². The van der Waals surface area contributed by atoms with Gasteiger partial charge in [0.25, 0.3) is 5.91 Å². The Morgan fingerprint density at radius 2 is 2.22 bits per heavy atom. The van der Waals surface area contributed by atoms with E-state index in [4.69, 9.17) is 0 Å². The molecule has 2 amide bonds. The number of amides is 2. The minimum atomic E-state index is -0.359. The van der Waals surface area contributed by atoms with Gasteiger partial charge in [0.05, 0.1) is 6.42 Å². The molecule has 1 rings (SSSR count). The summed E-state index contributed by atoms with van der Waals surface area (Å²) in [6.45, 7) is 0. The van der Waals surface area contributed by atoms with Crippen LogP contribution in [-0.4, -0.2) is 24.6 Å². The van der Waals surface area contributed by atoms with Crippen LogP contribution >= 0.6 is 0 Å². The Kier molecular flexibility index (Phi) is 1.30. The lowest BCUT2D eigenvalue weighted by Crippen LogP contribution is -2.21. The van der Waals surface area contributed by atoms with Crippen molar-refractivity contribution in [2.75, 3.05) is 7.05 Å². The lowest BCUT2D eigenvalue weighted by molar-refractivity contribution is -0.123. The summed E-state index contributed by atoms with van der Waals surface area (Å²) in [6.07, 6.45) is 0.134. The van der Waals surface area contributed by atoms with Gasteiger partial charge in [-0.2, -0.15) is 0 Å². The second-order valence-corrected chi connectivity index (χ2v) is 1.72. The predicted molar refractivity (Wildman–Crippen MR) is 31.1 cm³/mol. The number of carbonyl (C=O) groups is 2. The van der Waals surface area contributed by atoms with Crippen LogP contribution in [0.15, 0.2) is 4.99 Å². The van der Waals surface area contributed by atoms with Crippen molar-refractivity contribution in [1.82, 2.24) is 5.32 Å². The molecule has 1 aliphatic heterocycles. The number of nitrogens with zero attached hydrogens (tertiary/aromatic N) is 1. The summed E-state index contributed by atoms with van der Waals surface area (Å²) >= 11 is 0. The van der Waals surface area contributed by atoms with Gasteiger partial charge in [-0.3, -0.25) is 19.9 Å². The molecule has 0 atom stereocenters. The van der Waals surface area contributed by atoms with E-state index in [2.05, 4.69) is 10.3 Å². The SMILES string of the molecule is CN=C1CC(=O)NC1=O. The molecule has 0 aromatic heterocycles. The third-order valence-corrected chi connectivity index (χ3v) is 1.11. The summed E-state index contributed by atoms with van der Waals surface area (Å²) in [5.41, 5.74) is 0.319. The van der Waals surface area contributed by atoms with Gasteiger partial charge in [-0.25, -0.2) is 0 Å². The molecule has 0 radical (unpaired) electrons. The van der Waals surface area contributed by atoms with E-state index in [9.17, 15) is 9.59 Å². The van der Waals surface area contributed by atoms with Crippen LogP contribution in [0.3, 0.4) is 0 Å². The quantitative estimate of drug-likeness (QED) is 0.428. The molecule has 0 aromatic rings. The van der Waals surface area contributed by atoms with E-state index in [1.165, 1.54) is 7.05 Å². The van der Waals surface area contributed by atoms with Gasteiger partial charge in [0.2, 0.25) is 5.91 Å². The molecule has 0 aromatic carbocycles. The number of rotatable bonds is 0. The Labute approximate surface area is 52.0 Å². The number of hydrogen-bond donors (Lipinski definition) is 1. The first-order chi connectivity index (χ1) is 4.24. The standard InChI is InChI=1S/C5H6N2O2/c1-6-3-2-4(8)7-5(3)9/h2H2,1H3,(H,7,8,9). The van der Waals surface area contributed by atoms with Gasteiger partial charge in [-0.05, 0) is 0 Å². The molecule has 9 heavy (non-hydrogen) atoms. The smallest absolute Gasteiger partial charge is 0.272 e. The summed E-state index contributed by atoms with van der Waals surface area (Å²) in [5, 5.41) is 2.11. The Balaban J connectivity index is 2.81. The van der Waals surface area contributed by atoms with E-state index in [0.29, 0.717) is 5.71 Å². The Morgan fingerprint density at radius 3 is 2.44 bits per heavy atom. The van der Waals surface area contributed by atoms with E-state index in [1.807, 2.05) is 0 Å². The second-order valence-electron chi connectivity index (χ2n) is 1.72. The van der Waals surface area contributed by atoms with Gasteiger partial charge in [0, 0.05) is 7.05 Å². The van der Waals surface area contributed by atoms with Crippen molar-refractivity contribution in [1.29, 1.82) is 0 Å². The Hall–Kier alpha value is -1.19.